The largest absolute Gasteiger partial charge is 0.370 e. The van der Waals surface area contributed by atoms with Gasteiger partial charge in [0.1, 0.15) is 17.3 Å². The molecule has 0 aliphatic rings. The van der Waals surface area contributed by atoms with E-state index in [4.69, 9.17) is 5.73 Å². The summed E-state index contributed by atoms with van der Waals surface area (Å²) in [6, 6.07) is 2.59. The Labute approximate surface area is 101 Å². The minimum absolute atomic E-state index is 0.0301. The number of rotatable bonds is 5. The highest BCUT2D eigenvalue weighted by Gasteiger charge is 2.16. The zero-order valence-electron chi connectivity index (χ0n) is 10.6. The number of benzene rings is 1. The molecule has 0 aromatic heterocycles. The van der Waals surface area contributed by atoms with Crippen molar-refractivity contribution in [2.75, 3.05) is 18.5 Å². The monoisotopic (exact) mass is 242 g/mol. The van der Waals surface area contributed by atoms with Gasteiger partial charge in [0.05, 0.1) is 0 Å². The third-order valence-corrected chi connectivity index (χ3v) is 2.98. The molecule has 0 aliphatic heterocycles. The lowest BCUT2D eigenvalue weighted by Gasteiger charge is -2.24. The van der Waals surface area contributed by atoms with Gasteiger partial charge in [0, 0.05) is 20.1 Å². The molecule has 2 nitrogen and oxygen atoms in total. The molecular formula is C13H20F2N2. The first-order chi connectivity index (χ1) is 7.99. The molecule has 0 aliphatic carbocycles. The summed E-state index contributed by atoms with van der Waals surface area (Å²) in [6.45, 7) is 4.89. The molecule has 96 valence electrons. The quantitative estimate of drug-likeness (QED) is 0.860. The highest BCUT2D eigenvalue weighted by atomic mass is 19.1. The van der Waals surface area contributed by atoms with Crippen molar-refractivity contribution in [3.05, 3.63) is 29.3 Å². The summed E-state index contributed by atoms with van der Waals surface area (Å²) < 4.78 is 27.5. The SMILES string of the molecule is CCC(C)CN(C)c1c(F)cc(CN)cc1F. The van der Waals surface area contributed by atoms with Gasteiger partial charge < -0.3 is 10.6 Å². The second-order valence-electron chi connectivity index (χ2n) is 4.51. The standard InChI is InChI=1S/C13H20F2N2/c1-4-9(2)8-17(3)13-11(14)5-10(7-16)6-12(13)15/h5-6,9H,4,7-8,16H2,1-3H3. The van der Waals surface area contributed by atoms with Gasteiger partial charge in [-0.3, -0.25) is 0 Å². The van der Waals surface area contributed by atoms with Gasteiger partial charge in [0.2, 0.25) is 0 Å². The van der Waals surface area contributed by atoms with Gasteiger partial charge in [-0.25, -0.2) is 8.78 Å². The molecular weight excluding hydrogens is 222 g/mol. The predicted molar refractivity (Wildman–Crippen MR) is 67.0 cm³/mol. The molecule has 1 unspecified atom stereocenters. The van der Waals surface area contributed by atoms with E-state index in [9.17, 15) is 8.78 Å². The first kappa shape index (κ1) is 13.9. The van der Waals surface area contributed by atoms with Crippen molar-refractivity contribution in [2.24, 2.45) is 11.7 Å². The van der Waals surface area contributed by atoms with Gasteiger partial charge in [-0.1, -0.05) is 20.3 Å². The number of anilines is 1. The number of hydrogen-bond acceptors (Lipinski definition) is 2. The van der Waals surface area contributed by atoms with Gasteiger partial charge in [0.25, 0.3) is 0 Å². The van der Waals surface area contributed by atoms with Crippen LogP contribution in [0.1, 0.15) is 25.8 Å². The Morgan fingerprint density at radius 2 is 1.82 bits per heavy atom. The summed E-state index contributed by atoms with van der Waals surface area (Å²) in [7, 11) is 1.70. The lowest BCUT2D eigenvalue weighted by Crippen LogP contribution is -2.25. The third kappa shape index (κ3) is 3.40. The summed E-state index contributed by atoms with van der Waals surface area (Å²) in [6.07, 6.45) is 0.981. The van der Waals surface area contributed by atoms with Crippen molar-refractivity contribution >= 4 is 5.69 Å². The Morgan fingerprint density at radius 1 is 1.29 bits per heavy atom. The van der Waals surface area contributed by atoms with Crippen LogP contribution in [-0.2, 0) is 6.54 Å². The van der Waals surface area contributed by atoms with Crippen LogP contribution in [-0.4, -0.2) is 13.6 Å². The molecule has 0 radical (unpaired) electrons. The maximum Gasteiger partial charge on any atom is 0.149 e. The van der Waals surface area contributed by atoms with E-state index < -0.39 is 11.6 Å². The molecule has 0 fully saturated rings. The zero-order chi connectivity index (χ0) is 13.0. The predicted octanol–water partition coefficient (Wildman–Crippen LogP) is 2.91. The lowest BCUT2D eigenvalue weighted by molar-refractivity contribution is 0.532. The first-order valence-electron chi connectivity index (χ1n) is 5.88. The van der Waals surface area contributed by atoms with Gasteiger partial charge in [-0.15, -0.1) is 0 Å². The summed E-state index contributed by atoms with van der Waals surface area (Å²) in [5.74, 6) is -0.694. The van der Waals surface area contributed by atoms with E-state index in [-0.39, 0.29) is 12.2 Å². The molecule has 0 spiro atoms. The maximum atomic E-state index is 13.8. The van der Waals surface area contributed by atoms with E-state index in [2.05, 4.69) is 13.8 Å². The molecule has 17 heavy (non-hydrogen) atoms. The van der Waals surface area contributed by atoms with Crippen molar-refractivity contribution < 1.29 is 8.78 Å². The van der Waals surface area contributed by atoms with Gasteiger partial charge >= 0.3 is 0 Å². The number of halogens is 2. The Balaban J connectivity index is 2.97. The van der Waals surface area contributed by atoms with Crippen LogP contribution in [0.2, 0.25) is 0 Å². The average molecular weight is 242 g/mol. The summed E-state index contributed by atoms with van der Waals surface area (Å²) >= 11 is 0. The molecule has 1 aromatic rings. The van der Waals surface area contributed by atoms with Crippen molar-refractivity contribution in [1.29, 1.82) is 0 Å². The molecule has 0 heterocycles. The average Bonchev–Trinajstić information content (AvgIpc) is 2.27. The highest BCUT2D eigenvalue weighted by molar-refractivity contribution is 5.50. The molecule has 0 bridgehead atoms. The molecule has 0 saturated carbocycles. The highest BCUT2D eigenvalue weighted by Crippen LogP contribution is 2.25. The van der Waals surface area contributed by atoms with Crippen LogP contribution in [0.4, 0.5) is 14.5 Å². The van der Waals surface area contributed by atoms with Gasteiger partial charge in [-0.05, 0) is 23.6 Å². The minimum atomic E-state index is -0.545. The topological polar surface area (TPSA) is 29.3 Å². The Morgan fingerprint density at radius 3 is 2.24 bits per heavy atom. The van der Waals surface area contributed by atoms with Crippen LogP contribution in [0.3, 0.4) is 0 Å². The molecule has 2 N–H and O–H groups in total. The molecule has 0 saturated heterocycles. The van der Waals surface area contributed by atoms with E-state index in [1.165, 1.54) is 12.1 Å². The summed E-state index contributed by atoms with van der Waals surface area (Å²) in [4.78, 5) is 1.62. The first-order valence-corrected chi connectivity index (χ1v) is 5.88. The van der Waals surface area contributed by atoms with Crippen molar-refractivity contribution in [3.63, 3.8) is 0 Å². The molecule has 1 rings (SSSR count). The van der Waals surface area contributed by atoms with Crippen LogP contribution in [0.15, 0.2) is 12.1 Å². The van der Waals surface area contributed by atoms with Crippen molar-refractivity contribution in [3.8, 4) is 0 Å². The molecule has 1 aromatic carbocycles. The van der Waals surface area contributed by atoms with E-state index in [0.29, 0.717) is 18.0 Å². The van der Waals surface area contributed by atoms with Gasteiger partial charge in [0.15, 0.2) is 0 Å². The molecule has 1 atom stereocenters. The molecule has 0 amide bonds. The van der Waals surface area contributed by atoms with E-state index in [1.54, 1.807) is 11.9 Å². The Bertz CT molecular complexity index is 357. The fourth-order valence-corrected chi connectivity index (χ4v) is 1.79. The van der Waals surface area contributed by atoms with Crippen LogP contribution < -0.4 is 10.6 Å². The van der Waals surface area contributed by atoms with Crippen molar-refractivity contribution in [2.45, 2.75) is 26.8 Å². The van der Waals surface area contributed by atoms with Crippen LogP contribution >= 0.6 is 0 Å². The second kappa shape index (κ2) is 5.96. The summed E-state index contributed by atoms with van der Waals surface area (Å²) in [5, 5.41) is 0. The van der Waals surface area contributed by atoms with Crippen LogP contribution in [0.5, 0.6) is 0 Å². The maximum absolute atomic E-state index is 13.8. The number of nitrogens with zero attached hydrogens (tertiary/aromatic N) is 1. The molecule has 4 heteroatoms. The zero-order valence-corrected chi connectivity index (χ0v) is 10.6. The van der Waals surface area contributed by atoms with E-state index in [0.717, 1.165) is 6.42 Å². The lowest BCUT2D eigenvalue weighted by atomic mass is 10.1. The second-order valence-corrected chi connectivity index (χ2v) is 4.51. The fourth-order valence-electron chi connectivity index (χ4n) is 1.79. The van der Waals surface area contributed by atoms with E-state index in [1.807, 2.05) is 0 Å². The van der Waals surface area contributed by atoms with Crippen LogP contribution in [0, 0.1) is 17.6 Å². The van der Waals surface area contributed by atoms with Gasteiger partial charge in [-0.2, -0.15) is 0 Å². The van der Waals surface area contributed by atoms with Crippen molar-refractivity contribution in [1.82, 2.24) is 0 Å². The summed E-state index contributed by atoms with van der Waals surface area (Å²) in [5.41, 5.74) is 5.87. The smallest absolute Gasteiger partial charge is 0.149 e. The van der Waals surface area contributed by atoms with E-state index >= 15 is 0 Å². The normalized spacial score (nSPS) is 12.6. The number of nitrogens with two attached hydrogens (primary N) is 1. The Kier molecular flexibility index (Phi) is 4.87. The fraction of sp³-hybridized carbons (Fsp3) is 0.538. The van der Waals surface area contributed by atoms with Crippen LogP contribution in [0.25, 0.3) is 0 Å². The number of hydrogen-bond donors (Lipinski definition) is 1. The Hall–Kier alpha value is -1.16. The third-order valence-electron chi connectivity index (χ3n) is 2.98. The minimum Gasteiger partial charge on any atom is -0.370 e.